The van der Waals surface area contributed by atoms with Gasteiger partial charge >= 0.3 is 0 Å². The first kappa shape index (κ1) is 43.5. The molecule has 2 atom stereocenters. The lowest BCUT2D eigenvalue weighted by Gasteiger charge is -2.28. The Hall–Kier alpha value is -2.88. The van der Waals surface area contributed by atoms with Gasteiger partial charge in [0, 0.05) is 13.7 Å². The minimum atomic E-state index is -1.22. The number of halogens is 6. The van der Waals surface area contributed by atoms with Gasteiger partial charge in [0.1, 0.15) is 23.3 Å². The topological polar surface area (TPSA) is 161 Å². The fourth-order valence-corrected chi connectivity index (χ4v) is 5.88. The summed E-state index contributed by atoms with van der Waals surface area (Å²) in [4.78, 5) is 35.2. The van der Waals surface area contributed by atoms with Crippen LogP contribution in [0.3, 0.4) is 0 Å². The number of carbonyl (C=O) groups excluding carboxylic acids is 2. The van der Waals surface area contributed by atoms with Gasteiger partial charge in [0.15, 0.2) is 0 Å². The summed E-state index contributed by atoms with van der Waals surface area (Å²) in [5.74, 6) is -2.21. The fraction of sp³-hybridized carbons (Fsp3) is 0.257. The van der Waals surface area contributed by atoms with E-state index >= 15 is 0 Å². The molecule has 0 aliphatic heterocycles. The van der Waals surface area contributed by atoms with Crippen LogP contribution in [0.25, 0.3) is 0 Å². The highest BCUT2D eigenvalue weighted by molar-refractivity contribution is 14.1. The highest BCUT2D eigenvalue weighted by Gasteiger charge is 2.30. The van der Waals surface area contributed by atoms with Crippen LogP contribution < -0.4 is 21.6 Å². The molecule has 0 radical (unpaired) electrons. The van der Waals surface area contributed by atoms with E-state index in [1.807, 2.05) is 12.1 Å². The lowest BCUT2D eigenvalue weighted by molar-refractivity contribution is -0.144. The Morgan fingerprint density at radius 2 is 1.23 bits per heavy atom. The van der Waals surface area contributed by atoms with Crippen molar-refractivity contribution in [3.63, 3.8) is 0 Å². The standard InChI is InChI=1S/C18H19ClFIN2O4.C17H17ClFIN2O3/c1-18(2,16(25)9-24)27-23-17(26)12-5-3-10(20)7-15(12)22-14-6-4-11(21)8-13(14)19;1-10(6-7-23)25-22-17(24)13-4-2-11(19)8-16(13)21-15-5-3-12(20)9-14(15)18/h3-8,16,22,24-25H,9H2,1-2H3,(H,23,26);2-5,8-10,21,23H,6-7H2,1H3,(H,22,24). The predicted octanol–water partition coefficient (Wildman–Crippen LogP) is 7.88. The summed E-state index contributed by atoms with van der Waals surface area (Å²) < 4.78 is 29.2. The van der Waals surface area contributed by atoms with Crippen LogP contribution in [0.5, 0.6) is 0 Å². The average molecular weight is 987 g/mol. The molecule has 0 spiro atoms. The van der Waals surface area contributed by atoms with Crippen LogP contribution in [0.4, 0.5) is 31.5 Å². The van der Waals surface area contributed by atoms with Gasteiger partial charge in [-0.05, 0) is 145 Å². The van der Waals surface area contributed by atoms with Crippen LogP contribution in [0.15, 0.2) is 72.8 Å². The van der Waals surface area contributed by atoms with E-state index in [4.69, 9.17) is 43.1 Å². The lowest BCUT2D eigenvalue weighted by atomic mass is 10.0. The monoisotopic (exact) mass is 986 g/mol. The molecule has 0 aliphatic rings. The van der Waals surface area contributed by atoms with Crippen molar-refractivity contribution in [1.29, 1.82) is 0 Å². The van der Waals surface area contributed by atoms with E-state index in [1.165, 1.54) is 38.1 Å². The fourth-order valence-electron chi connectivity index (χ4n) is 4.08. The number of hydroxylamine groups is 2. The largest absolute Gasteiger partial charge is 0.396 e. The molecule has 4 aromatic carbocycles. The third kappa shape index (κ3) is 13.2. The number of hydrogen-bond acceptors (Lipinski definition) is 9. The summed E-state index contributed by atoms with van der Waals surface area (Å²) in [6, 6.07) is 18.0. The normalized spacial score (nSPS) is 12.2. The average Bonchev–Trinajstić information content (AvgIpc) is 3.09. The molecule has 0 heterocycles. The number of rotatable bonds is 14. The molecule has 11 nitrogen and oxygen atoms in total. The molecule has 280 valence electrons. The first-order chi connectivity index (χ1) is 24.5. The first-order valence-corrected chi connectivity index (χ1v) is 18.3. The predicted molar refractivity (Wildman–Crippen MR) is 213 cm³/mol. The van der Waals surface area contributed by atoms with E-state index in [-0.39, 0.29) is 35.2 Å². The smallest absolute Gasteiger partial charge is 0.276 e. The van der Waals surface area contributed by atoms with Crippen molar-refractivity contribution < 1.29 is 43.4 Å². The quantitative estimate of drug-likeness (QED) is 0.0493. The second-order valence-corrected chi connectivity index (χ2v) is 14.9. The molecule has 2 amide bonds. The molecule has 0 aliphatic carbocycles. The van der Waals surface area contributed by atoms with Crippen molar-refractivity contribution in [1.82, 2.24) is 11.0 Å². The molecule has 4 aromatic rings. The molecule has 0 saturated carbocycles. The van der Waals surface area contributed by atoms with Gasteiger partial charge in [-0.1, -0.05) is 23.2 Å². The third-order valence-electron chi connectivity index (χ3n) is 7.12. The van der Waals surface area contributed by atoms with E-state index in [0.717, 1.165) is 19.3 Å². The van der Waals surface area contributed by atoms with E-state index in [2.05, 4.69) is 66.8 Å². The minimum absolute atomic E-state index is 0.0499. The summed E-state index contributed by atoms with van der Waals surface area (Å²) in [5.41, 5.74) is 5.13. The Labute approximate surface area is 336 Å². The molecule has 7 N–H and O–H groups in total. The van der Waals surface area contributed by atoms with Crippen LogP contribution in [0, 0.1) is 18.8 Å². The number of anilines is 4. The number of hydrogen-bond donors (Lipinski definition) is 7. The van der Waals surface area contributed by atoms with Gasteiger partial charge in [-0.2, -0.15) is 0 Å². The summed E-state index contributed by atoms with van der Waals surface area (Å²) in [7, 11) is 0. The summed E-state index contributed by atoms with van der Waals surface area (Å²) in [6.07, 6.45) is -1.17. The summed E-state index contributed by atoms with van der Waals surface area (Å²) in [5, 5.41) is 34.4. The maximum atomic E-state index is 13.7. The van der Waals surface area contributed by atoms with E-state index in [9.17, 15) is 23.5 Å². The molecule has 0 bridgehead atoms. The Morgan fingerprint density at radius 1 is 0.769 bits per heavy atom. The van der Waals surface area contributed by atoms with E-state index in [0.29, 0.717) is 27.8 Å². The minimum Gasteiger partial charge on any atom is -0.396 e. The van der Waals surface area contributed by atoms with Crippen molar-refractivity contribution >= 4 is 103 Å². The summed E-state index contributed by atoms with van der Waals surface area (Å²) in [6.45, 7) is 4.14. The molecular weight excluding hydrogens is 951 g/mol. The molecule has 52 heavy (non-hydrogen) atoms. The van der Waals surface area contributed by atoms with Crippen molar-refractivity contribution in [2.75, 3.05) is 23.8 Å². The van der Waals surface area contributed by atoms with Crippen LogP contribution in [0.1, 0.15) is 47.9 Å². The number of carbonyl (C=O) groups is 2. The second kappa shape index (κ2) is 20.5. The van der Waals surface area contributed by atoms with Gasteiger partial charge in [0.2, 0.25) is 0 Å². The van der Waals surface area contributed by atoms with Gasteiger partial charge in [-0.3, -0.25) is 19.3 Å². The van der Waals surface area contributed by atoms with Crippen LogP contribution in [-0.4, -0.2) is 58.2 Å². The van der Waals surface area contributed by atoms with E-state index < -0.39 is 41.8 Å². The zero-order chi connectivity index (χ0) is 38.6. The van der Waals surface area contributed by atoms with Gasteiger partial charge in [-0.15, -0.1) is 0 Å². The molecule has 0 saturated heterocycles. The van der Waals surface area contributed by atoms with Crippen molar-refractivity contribution in [3.05, 3.63) is 113 Å². The molecular formula is C35H36Cl2F2I2N4O7. The molecule has 4 rings (SSSR count). The Balaban J connectivity index is 0.000000281. The highest BCUT2D eigenvalue weighted by Crippen LogP contribution is 2.31. The SMILES string of the molecule is CC(C)(ONC(=O)c1ccc(F)cc1Nc1ccc(I)cc1Cl)C(O)CO.CC(CCO)ONC(=O)c1ccc(F)cc1Nc1ccc(I)cc1Cl. The van der Waals surface area contributed by atoms with Gasteiger partial charge in [0.05, 0.1) is 56.6 Å². The number of aliphatic hydroxyl groups excluding tert-OH is 3. The third-order valence-corrected chi connectivity index (χ3v) is 9.09. The molecule has 17 heteroatoms. The van der Waals surface area contributed by atoms with Crippen LogP contribution >= 0.6 is 68.4 Å². The van der Waals surface area contributed by atoms with Crippen molar-refractivity contribution in [2.24, 2.45) is 0 Å². The van der Waals surface area contributed by atoms with Crippen molar-refractivity contribution in [2.45, 2.75) is 45.0 Å². The van der Waals surface area contributed by atoms with Crippen LogP contribution in [-0.2, 0) is 9.68 Å². The number of nitrogens with one attached hydrogen (secondary N) is 4. The zero-order valence-electron chi connectivity index (χ0n) is 27.9. The molecule has 2 unspecified atom stereocenters. The maximum Gasteiger partial charge on any atom is 0.276 e. The second-order valence-electron chi connectivity index (χ2n) is 11.6. The molecule has 0 aromatic heterocycles. The lowest BCUT2D eigenvalue weighted by Crippen LogP contribution is -2.46. The number of benzene rings is 4. The number of amides is 2. The van der Waals surface area contributed by atoms with Crippen molar-refractivity contribution in [3.8, 4) is 0 Å². The number of aliphatic hydroxyl groups is 3. The zero-order valence-corrected chi connectivity index (χ0v) is 33.8. The van der Waals surface area contributed by atoms with Gasteiger partial charge in [0.25, 0.3) is 11.8 Å². The first-order valence-electron chi connectivity index (χ1n) is 15.4. The van der Waals surface area contributed by atoms with E-state index in [1.54, 1.807) is 31.2 Å². The van der Waals surface area contributed by atoms with Crippen LogP contribution in [0.2, 0.25) is 10.0 Å². The maximum absolute atomic E-state index is 13.7. The molecule has 0 fully saturated rings. The summed E-state index contributed by atoms with van der Waals surface area (Å²) >= 11 is 16.6. The highest BCUT2D eigenvalue weighted by atomic mass is 127. The van der Waals surface area contributed by atoms with Gasteiger partial charge < -0.3 is 26.0 Å². The van der Waals surface area contributed by atoms with Gasteiger partial charge in [-0.25, -0.2) is 19.7 Å². The Bertz CT molecular complexity index is 1860. The Morgan fingerprint density at radius 3 is 1.65 bits per heavy atom. The Kier molecular flexibility index (Phi) is 17.2.